The van der Waals surface area contributed by atoms with Crippen LogP contribution in [0.5, 0.6) is 11.5 Å². The van der Waals surface area contributed by atoms with Gasteiger partial charge in [0.25, 0.3) is 5.91 Å². The lowest BCUT2D eigenvalue weighted by Crippen LogP contribution is -2.35. The van der Waals surface area contributed by atoms with E-state index in [2.05, 4.69) is 5.32 Å². The van der Waals surface area contributed by atoms with Gasteiger partial charge >= 0.3 is 0 Å². The number of rotatable bonds is 9. The normalized spacial score (nSPS) is 11.8. The Hall–Kier alpha value is -3.38. The molecule has 0 radical (unpaired) electrons. The molecule has 3 aromatic rings. The van der Waals surface area contributed by atoms with Crippen molar-refractivity contribution in [2.75, 3.05) is 27.7 Å². The molecule has 3 aromatic carbocycles. The Kier molecular flexibility index (Phi) is 7.62. The Morgan fingerprint density at radius 2 is 1.61 bits per heavy atom. The second kappa shape index (κ2) is 10.6. The number of hydrogen-bond acceptors (Lipinski definition) is 4. The molecule has 0 heterocycles. The molecule has 0 aliphatic heterocycles. The average molecular weight is 423 g/mol. The van der Waals surface area contributed by atoms with Gasteiger partial charge < -0.3 is 19.7 Å². The van der Waals surface area contributed by atoms with E-state index in [1.54, 1.807) is 37.4 Å². The van der Waals surface area contributed by atoms with Crippen LogP contribution in [0.2, 0.25) is 0 Å². The number of likely N-dealkylation sites (N-methyl/N-ethyl adjacent to an activating group) is 1. The first-order valence-electron chi connectivity index (χ1n) is 10.0. The third kappa shape index (κ3) is 5.83. The number of carbonyl (C=O) groups excluding carboxylic acids is 1. The zero-order valence-corrected chi connectivity index (χ0v) is 18.0. The third-order valence-corrected chi connectivity index (χ3v) is 5.02. The summed E-state index contributed by atoms with van der Waals surface area (Å²) in [6.07, 6.45) is 0. The highest BCUT2D eigenvalue weighted by Crippen LogP contribution is 2.27. The molecule has 1 unspecified atom stereocenters. The highest BCUT2D eigenvalue weighted by molar-refractivity contribution is 5.96. The van der Waals surface area contributed by atoms with Crippen molar-refractivity contribution in [2.45, 2.75) is 12.6 Å². The smallest absolute Gasteiger partial charge is 0.255 e. The van der Waals surface area contributed by atoms with Gasteiger partial charge in [-0.1, -0.05) is 42.5 Å². The van der Waals surface area contributed by atoms with Crippen LogP contribution < -0.4 is 14.8 Å². The zero-order chi connectivity index (χ0) is 22.2. The van der Waals surface area contributed by atoms with Crippen molar-refractivity contribution in [3.63, 3.8) is 0 Å². The van der Waals surface area contributed by atoms with E-state index in [0.29, 0.717) is 17.9 Å². The summed E-state index contributed by atoms with van der Waals surface area (Å²) < 4.78 is 24.4. The number of nitrogens with one attached hydrogen (secondary N) is 1. The summed E-state index contributed by atoms with van der Waals surface area (Å²) in [5.74, 6) is 0.729. The van der Waals surface area contributed by atoms with E-state index < -0.39 is 0 Å². The van der Waals surface area contributed by atoms with Gasteiger partial charge in [0.2, 0.25) is 0 Å². The number of carbonyl (C=O) groups is 1. The molecule has 0 fully saturated rings. The van der Waals surface area contributed by atoms with Gasteiger partial charge in [-0.05, 0) is 50.0 Å². The van der Waals surface area contributed by atoms with Crippen LogP contribution in [0.1, 0.15) is 27.5 Å². The van der Waals surface area contributed by atoms with Crippen LogP contribution in [-0.4, -0.2) is 38.6 Å². The standard InChI is InChI=1S/C25H27FN2O3/c1-28(2)22(20-8-4-6-10-23(20)30-3)16-27-25(29)21-9-5-7-11-24(21)31-17-18-12-14-19(26)15-13-18/h4-15,22H,16-17H2,1-3H3,(H,27,29). The Balaban J connectivity index is 1.70. The number of methoxy groups -OCH3 is 1. The van der Waals surface area contributed by atoms with E-state index in [-0.39, 0.29) is 24.4 Å². The van der Waals surface area contributed by atoms with Crippen molar-refractivity contribution in [2.24, 2.45) is 0 Å². The maximum absolute atomic E-state index is 13.1. The van der Waals surface area contributed by atoms with Crippen molar-refractivity contribution in [3.05, 3.63) is 95.3 Å². The quantitative estimate of drug-likeness (QED) is 0.554. The summed E-state index contributed by atoms with van der Waals surface area (Å²) in [4.78, 5) is 15.0. The molecule has 0 aromatic heterocycles. The van der Waals surface area contributed by atoms with Crippen LogP contribution in [-0.2, 0) is 6.61 Å². The summed E-state index contributed by atoms with van der Waals surface area (Å²) in [7, 11) is 5.56. The first-order chi connectivity index (χ1) is 15.0. The van der Waals surface area contributed by atoms with Crippen molar-refractivity contribution in [3.8, 4) is 11.5 Å². The number of ether oxygens (including phenoxy) is 2. The maximum Gasteiger partial charge on any atom is 0.255 e. The minimum Gasteiger partial charge on any atom is -0.496 e. The van der Waals surface area contributed by atoms with E-state index >= 15 is 0 Å². The predicted octanol–water partition coefficient (Wildman–Crippen LogP) is 4.45. The second-order valence-corrected chi connectivity index (χ2v) is 7.34. The molecule has 0 saturated heterocycles. The van der Waals surface area contributed by atoms with Crippen LogP contribution in [0.15, 0.2) is 72.8 Å². The molecule has 162 valence electrons. The summed E-state index contributed by atoms with van der Waals surface area (Å²) in [6.45, 7) is 0.643. The largest absolute Gasteiger partial charge is 0.496 e. The molecule has 0 aliphatic rings. The molecule has 1 N–H and O–H groups in total. The molecular formula is C25H27FN2O3. The third-order valence-electron chi connectivity index (χ3n) is 5.02. The van der Waals surface area contributed by atoms with E-state index in [0.717, 1.165) is 16.9 Å². The highest BCUT2D eigenvalue weighted by atomic mass is 19.1. The van der Waals surface area contributed by atoms with Crippen LogP contribution in [0, 0.1) is 5.82 Å². The number of halogens is 1. The Bertz CT molecular complexity index is 1010. The van der Waals surface area contributed by atoms with Crippen molar-refractivity contribution < 1.29 is 18.7 Å². The molecule has 31 heavy (non-hydrogen) atoms. The molecule has 0 bridgehead atoms. The first-order valence-corrected chi connectivity index (χ1v) is 10.0. The number of nitrogens with zero attached hydrogens (tertiary/aromatic N) is 1. The molecule has 1 amide bonds. The second-order valence-electron chi connectivity index (χ2n) is 7.34. The topological polar surface area (TPSA) is 50.8 Å². The monoisotopic (exact) mass is 422 g/mol. The molecule has 0 spiro atoms. The Morgan fingerprint density at radius 3 is 2.29 bits per heavy atom. The molecular weight excluding hydrogens is 395 g/mol. The van der Waals surface area contributed by atoms with Gasteiger partial charge in [0.1, 0.15) is 23.9 Å². The van der Waals surface area contributed by atoms with Gasteiger partial charge in [-0.15, -0.1) is 0 Å². The van der Waals surface area contributed by atoms with E-state index in [4.69, 9.17) is 9.47 Å². The van der Waals surface area contributed by atoms with Gasteiger partial charge in [0, 0.05) is 12.1 Å². The number of amides is 1. The van der Waals surface area contributed by atoms with E-state index in [1.165, 1.54) is 12.1 Å². The number of hydrogen-bond donors (Lipinski definition) is 1. The van der Waals surface area contributed by atoms with Crippen LogP contribution in [0.25, 0.3) is 0 Å². The summed E-state index contributed by atoms with van der Waals surface area (Å²) in [5.41, 5.74) is 2.26. The lowest BCUT2D eigenvalue weighted by Gasteiger charge is -2.26. The van der Waals surface area contributed by atoms with E-state index in [9.17, 15) is 9.18 Å². The summed E-state index contributed by atoms with van der Waals surface area (Å²) >= 11 is 0. The summed E-state index contributed by atoms with van der Waals surface area (Å²) in [5, 5.41) is 3.01. The lowest BCUT2D eigenvalue weighted by molar-refractivity contribution is 0.0937. The summed E-state index contributed by atoms with van der Waals surface area (Å²) in [6, 6.07) is 20.9. The predicted molar refractivity (Wildman–Crippen MR) is 119 cm³/mol. The number of benzene rings is 3. The Labute approximate surface area is 182 Å². The fourth-order valence-corrected chi connectivity index (χ4v) is 3.32. The zero-order valence-electron chi connectivity index (χ0n) is 18.0. The molecule has 0 aliphatic carbocycles. The van der Waals surface area contributed by atoms with Gasteiger partial charge in [-0.25, -0.2) is 4.39 Å². The first kappa shape index (κ1) is 22.3. The van der Waals surface area contributed by atoms with Crippen molar-refractivity contribution in [1.29, 1.82) is 0 Å². The van der Waals surface area contributed by atoms with Crippen molar-refractivity contribution in [1.82, 2.24) is 10.2 Å². The lowest BCUT2D eigenvalue weighted by atomic mass is 10.0. The molecule has 1 atom stereocenters. The fourth-order valence-electron chi connectivity index (χ4n) is 3.32. The minimum atomic E-state index is -0.297. The average Bonchev–Trinajstić information content (AvgIpc) is 2.79. The molecule has 5 nitrogen and oxygen atoms in total. The van der Waals surface area contributed by atoms with Crippen LogP contribution in [0.4, 0.5) is 4.39 Å². The van der Waals surface area contributed by atoms with E-state index in [1.807, 2.05) is 49.3 Å². The van der Waals surface area contributed by atoms with Gasteiger partial charge in [0.15, 0.2) is 0 Å². The van der Waals surface area contributed by atoms with Crippen molar-refractivity contribution >= 4 is 5.91 Å². The fraction of sp³-hybridized carbons (Fsp3) is 0.240. The minimum absolute atomic E-state index is 0.0626. The van der Waals surface area contributed by atoms with Gasteiger partial charge in [-0.3, -0.25) is 4.79 Å². The Morgan fingerprint density at radius 1 is 0.968 bits per heavy atom. The molecule has 0 saturated carbocycles. The van der Waals surface area contributed by atoms with Crippen LogP contribution in [0.3, 0.4) is 0 Å². The maximum atomic E-state index is 13.1. The highest BCUT2D eigenvalue weighted by Gasteiger charge is 2.20. The van der Waals surface area contributed by atoms with Crippen LogP contribution >= 0.6 is 0 Å². The SMILES string of the molecule is COc1ccccc1C(CNC(=O)c1ccccc1OCc1ccc(F)cc1)N(C)C. The molecule has 6 heteroatoms. The van der Waals surface area contributed by atoms with Gasteiger partial charge in [-0.2, -0.15) is 0 Å². The number of para-hydroxylation sites is 2. The van der Waals surface area contributed by atoms with Gasteiger partial charge in [0.05, 0.1) is 18.7 Å². The molecule has 3 rings (SSSR count).